The number of halogens is 2. The summed E-state index contributed by atoms with van der Waals surface area (Å²) in [6.07, 6.45) is -1.12. The highest BCUT2D eigenvalue weighted by atomic mass is 19.3. The molecule has 2 aromatic rings. The summed E-state index contributed by atoms with van der Waals surface area (Å²) >= 11 is 0. The molecule has 0 heterocycles. The average molecular weight is 352 g/mol. The van der Waals surface area contributed by atoms with Crippen LogP contribution in [0.15, 0.2) is 48.5 Å². The van der Waals surface area contributed by atoms with E-state index < -0.39 is 23.5 Å². The van der Waals surface area contributed by atoms with Crippen LogP contribution < -0.4 is 10.1 Å². The number of nitrogens with zero attached hydrogens (tertiary/aromatic N) is 1. The van der Waals surface area contributed by atoms with Gasteiger partial charge >= 0.3 is 6.61 Å². The van der Waals surface area contributed by atoms with E-state index in [0.717, 1.165) is 0 Å². The maximum absolute atomic E-state index is 12.3. The van der Waals surface area contributed by atoms with E-state index in [1.165, 1.54) is 48.5 Å². The molecule has 1 unspecified atom stereocenters. The van der Waals surface area contributed by atoms with Gasteiger partial charge in [0, 0.05) is 18.7 Å². The highest BCUT2D eigenvalue weighted by molar-refractivity contribution is 5.96. The predicted octanol–water partition coefficient (Wildman–Crippen LogP) is 2.66. The van der Waals surface area contributed by atoms with Crippen molar-refractivity contribution in [2.45, 2.75) is 12.7 Å². The van der Waals surface area contributed by atoms with Gasteiger partial charge in [-0.25, -0.2) is 0 Å². The molecule has 2 N–H and O–H groups in total. The van der Waals surface area contributed by atoms with Crippen LogP contribution in [0.2, 0.25) is 0 Å². The number of hydrogen-bond donors (Lipinski definition) is 2. The number of amides is 1. The molecule has 0 aliphatic carbocycles. The van der Waals surface area contributed by atoms with Crippen molar-refractivity contribution in [1.29, 1.82) is 0 Å². The molecule has 0 saturated carbocycles. The minimum absolute atomic E-state index is 0.0984. The lowest BCUT2D eigenvalue weighted by atomic mass is 10.1. The number of non-ortho nitro benzene ring substituents is 1. The fourth-order valence-electron chi connectivity index (χ4n) is 2.07. The Bertz CT molecular complexity index is 752. The van der Waals surface area contributed by atoms with Crippen molar-refractivity contribution in [2.24, 2.45) is 0 Å². The van der Waals surface area contributed by atoms with E-state index in [0.29, 0.717) is 5.56 Å². The molecule has 1 atom stereocenters. The van der Waals surface area contributed by atoms with Gasteiger partial charge in [0.05, 0.1) is 16.6 Å². The molecule has 2 aromatic carbocycles. The number of ether oxygens (including phenoxy) is 1. The zero-order chi connectivity index (χ0) is 18.4. The van der Waals surface area contributed by atoms with Gasteiger partial charge in [-0.3, -0.25) is 14.9 Å². The van der Waals surface area contributed by atoms with Crippen molar-refractivity contribution in [3.8, 4) is 5.75 Å². The van der Waals surface area contributed by atoms with Crippen molar-refractivity contribution in [1.82, 2.24) is 5.32 Å². The average Bonchev–Trinajstić information content (AvgIpc) is 2.59. The summed E-state index contributed by atoms with van der Waals surface area (Å²) in [6.45, 7) is -3.28. The quantitative estimate of drug-likeness (QED) is 0.589. The summed E-state index contributed by atoms with van der Waals surface area (Å²) in [4.78, 5) is 22.1. The van der Waals surface area contributed by atoms with E-state index in [1.807, 2.05) is 0 Å². The second-order valence-electron chi connectivity index (χ2n) is 4.95. The molecule has 0 saturated heterocycles. The number of carbonyl (C=O) groups is 1. The largest absolute Gasteiger partial charge is 0.434 e. The maximum atomic E-state index is 12.3. The molecule has 0 bridgehead atoms. The van der Waals surface area contributed by atoms with E-state index in [9.17, 15) is 28.8 Å². The van der Waals surface area contributed by atoms with E-state index >= 15 is 0 Å². The van der Waals surface area contributed by atoms with Crippen molar-refractivity contribution in [3.05, 3.63) is 69.8 Å². The van der Waals surface area contributed by atoms with Gasteiger partial charge in [0.25, 0.3) is 11.6 Å². The van der Waals surface area contributed by atoms with Crippen LogP contribution in [0.5, 0.6) is 5.75 Å². The fraction of sp³-hybridized carbons (Fsp3) is 0.188. The van der Waals surface area contributed by atoms with Crippen LogP contribution in [0.3, 0.4) is 0 Å². The monoisotopic (exact) mass is 352 g/mol. The van der Waals surface area contributed by atoms with Crippen LogP contribution in [-0.2, 0) is 0 Å². The number of nitro benzene ring substituents is 1. The highest BCUT2D eigenvalue weighted by Gasteiger charge is 2.17. The number of carbonyl (C=O) groups excluding carboxylic acids is 1. The third kappa shape index (κ3) is 4.95. The van der Waals surface area contributed by atoms with Gasteiger partial charge in [-0.2, -0.15) is 8.78 Å². The number of hydrogen-bond acceptors (Lipinski definition) is 5. The first-order chi connectivity index (χ1) is 11.9. The lowest BCUT2D eigenvalue weighted by molar-refractivity contribution is -0.384. The molecule has 0 spiro atoms. The molecular formula is C16H14F2N2O5. The van der Waals surface area contributed by atoms with Gasteiger partial charge in [-0.05, 0) is 29.8 Å². The normalized spacial score (nSPS) is 11.8. The smallest absolute Gasteiger partial charge is 0.387 e. The van der Waals surface area contributed by atoms with Crippen molar-refractivity contribution in [3.63, 3.8) is 0 Å². The first kappa shape index (κ1) is 18.3. The van der Waals surface area contributed by atoms with Gasteiger partial charge in [-0.15, -0.1) is 0 Å². The van der Waals surface area contributed by atoms with Crippen LogP contribution in [0.25, 0.3) is 0 Å². The first-order valence-electron chi connectivity index (χ1n) is 7.13. The number of alkyl halides is 2. The number of aliphatic hydroxyl groups is 1. The molecule has 9 heteroatoms. The zero-order valence-electron chi connectivity index (χ0n) is 12.8. The molecule has 0 aliphatic heterocycles. The molecule has 7 nitrogen and oxygen atoms in total. The topological polar surface area (TPSA) is 102 Å². The summed E-state index contributed by atoms with van der Waals surface area (Å²) in [7, 11) is 0. The Morgan fingerprint density at radius 2 is 1.84 bits per heavy atom. The first-order valence-corrected chi connectivity index (χ1v) is 7.13. The molecule has 0 fully saturated rings. The summed E-state index contributed by atoms with van der Waals surface area (Å²) in [6, 6.07) is 10.7. The van der Waals surface area contributed by atoms with Crippen LogP contribution >= 0.6 is 0 Å². The molecule has 132 valence electrons. The highest BCUT2D eigenvalue weighted by Crippen LogP contribution is 2.21. The summed E-state index contributed by atoms with van der Waals surface area (Å²) in [5.74, 6) is -0.975. The lowest BCUT2D eigenvalue weighted by Crippen LogP contribution is -2.29. The zero-order valence-corrected chi connectivity index (χ0v) is 12.8. The molecule has 0 radical (unpaired) electrons. The minimum Gasteiger partial charge on any atom is -0.434 e. The van der Waals surface area contributed by atoms with Crippen LogP contribution in [0, 0.1) is 10.1 Å². The minimum atomic E-state index is -3.07. The van der Waals surface area contributed by atoms with Gasteiger partial charge in [0.2, 0.25) is 0 Å². The van der Waals surface area contributed by atoms with Gasteiger partial charge < -0.3 is 15.2 Å². The molecule has 25 heavy (non-hydrogen) atoms. The maximum Gasteiger partial charge on any atom is 0.387 e. The fourth-order valence-corrected chi connectivity index (χ4v) is 2.07. The van der Waals surface area contributed by atoms with E-state index in [2.05, 4.69) is 10.1 Å². The number of rotatable bonds is 7. The van der Waals surface area contributed by atoms with Gasteiger partial charge in [0.1, 0.15) is 5.75 Å². The summed E-state index contributed by atoms with van der Waals surface area (Å²) < 4.78 is 29.0. The Kier molecular flexibility index (Phi) is 5.96. The lowest BCUT2D eigenvalue weighted by Gasteiger charge is -2.14. The van der Waals surface area contributed by atoms with Crippen LogP contribution in [-0.4, -0.2) is 29.1 Å². The number of para-hydroxylation sites is 1. The number of nitro groups is 1. The molecular weight excluding hydrogens is 338 g/mol. The second kappa shape index (κ2) is 8.15. The number of nitrogens with one attached hydrogen (secondary N) is 1. The molecule has 0 aliphatic rings. The van der Waals surface area contributed by atoms with E-state index in [4.69, 9.17) is 0 Å². The van der Waals surface area contributed by atoms with E-state index in [1.54, 1.807) is 0 Å². The predicted molar refractivity (Wildman–Crippen MR) is 83.5 cm³/mol. The standard InChI is InChI=1S/C16H14F2N2O5/c17-16(18)25-14-4-2-1-3-12(14)15(22)19-9-13(21)10-5-7-11(8-6-10)20(23)24/h1-8,13,16,21H,9H2,(H,19,22). The van der Waals surface area contributed by atoms with Gasteiger partial charge in [-0.1, -0.05) is 12.1 Å². The number of benzene rings is 2. The van der Waals surface area contributed by atoms with Crippen molar-refractivity contribution < 1.29 is 28.3 Å². The molecule has 1 amide bonds. The van der Waals surface area contributed by atoms with E-state index in [-0.39, 0.29) is 23.5 Å². The van der Waals surface area contributed by atoms with Gasteiger partial charge in [0.15, 0.2) is 0 Å². The third-order valence-corrected chi connectivity index (χ3v) is 3.29. The third-order valence-electron chi connectivity index (χ3n) is 3.29. The Hall–Kier alpha value is -3.07. The molecule has 0 aromatic heterocycles. The number of aliphatic hydroxyl groups excluding tert-OH is 1. The van der Waals surface area contributed by atoms with Crippen molar-refractivity contribution in [2.75, 3.05) is 6.54 Å². The molecule has 2 rings (SSSR count). The Balaban J connectivity index is 2.01. The van der Waals surface area contributed by atoms with Crippen molar-refractivity contribution >= 4 is 11.6 Å². The summed E-state index contributed by atoms with van der Waals surface area (Å²) in [5.41, 5.74) is 0.139. The summed E-state index contributed by atoms with van der Waals surface area (Å²) in [5, 5.41) is 23.0. The van der Waals surface area contributed by atoms with Crippen LogP contribution in [0.1, 0.15) is 22.0 Å². The SMILES string of the molecule is O=C(NCC(O)c1ccc([N+](=O)[O-])cc1)c1ccccc1OC(F)F. The van der Waals surface area contributed by atoms with Crippen LogP contribution in [0.4, 0.5) is 14.5 Å². The Morgan fingerprint density at radius 3 is 2.44 bits per heavy atom. The second-order valence-corrected chi connectivity index (χ2v) is 4.95. The Labute approximate surface area is 141 Å². The Morgan fingerprint density at radius 1 is 1.20 bits per heavy atom.